The molecule has 0 bridgehead atoms. The number of carbonyl (C=O) groups is 1. The van der Waals surface area contributed by atoms with Crippen LogP contribution in [0, 0.1) is 17.5 Å². The number of benzene rings is 1. The third kappa shape index (κ3) is 3.53. The lowest BCUT2D eigenvalue weighted by atomic mass is 10.2. The molecule has 1 aromatic carbocycles. The van der Waals surface area contributed by atoms with Crippen LogP contribution in [0.25, 0.3) is 16.6 Å². The smallest absolute Gasteiger partial charge is 0.277 e. The first-order valence-corrected chi connectivity index (χ1v) is 9.64. The molecule has 0 radical (unpaired) electrons. The van der Waals surface area contributed by atoms with Crippen molar-refractivity contribution in [2.24, 2.45) is 0 Å². The van der Waals surface area contributed by atoms with Crippen LogP contribution < -0.4 is 10.2 Å². The minimum absolute atomic E-state index is 0.0509. The van der Waals surface area contributed by atoms with E-state index in [1.807, 2.05) is 0 Å². The summed E-state index contributed by atoms with van der Waals surface area (Å²) in [7, 11) is 0. The number of amides is 1. The number of halogens is 4. The van der Waals surface area contributed by atoms with E-state index >= 15 is 0 Å². The first-order valence-electron chi connectivity index (χ1n) is 9.64. The van der Waals surface area contributed by atoms with Gasteiger partial charge in [0, 0.05) is 30.3 Å². The van der Waals surface area contributed by atoms with Crippen molar-refractivity contribution in [2.45, 2.75) is 12.6 Å². The maximum absolute atomic E-state index is 14.5. The van der Waals surface area contributed by atoms with E-state index in [1.165, 1.54) is 34.2 Å². The van der Waals surface area contributed by atoms with Crippen molar-refractivity contribution in [3.63, 3.8) is 0 Å². The van der Waals surface area contributed by atoms with Crippen LogP contribution in [0.1, 0.15) is 16.9 Å². The Morgan fingerprint density at radius 1 is 1.16 bits per heavy atom. The van der Waals surface area contributed by atoms with Gasteiger partial charge in [0.2, 0.25) is 0 Å². The molecule has 1 aliphatic rings. The van der Waals surface area contributed by atoms with Crippen molar-refractivity contribution >= 4 is 28.3 Å². The third-order valence-corrected chi connectivity index (χ3v) is 5.20. The second-order valence-corrected chi connectivity index (χ2v) is 7.35. The number of alkyl halides is 1. The maximum atomic E-state index is 14.5. The van der Waals surface area contributed by atoms with Crippen molar-refractivity contribution in [2.75, 3.05) is 23.3 Å². The average molecular weight is 445 g/mol. The van der Waals surface area contributed by atoms with Crippen molar-refractivity contribution in [1.82, 2.24) is 25.0 Å². The van der Waals surface area contributed by atoms with Crippen LogP contribution in [0.15, 0.2) is 36.8 Å². The molecule has 1 atom stereocenters. The summed E-state index contributed by atoms with van der Waals surface area (Å²) in [6.45, 7) is 0.462. The van der Waals surface area contributed by atoms with Crippen LogP contribution in [0.4, 0.5) is 29.1 Å². The molecule has 1 saturated heterocycles. The molecule has 2 N–H and O–H groups in total. The van der Waals surface area contributed by atoms with Crippen LogP contribution in [0.5, 0.6) is 0 Å². The van der Waals surface area contributed by atoms with Gasteiger partial charge in [-0.3, -0.25) is 4.79 Å². The summed E-state index contributed by atoms with van der Waals surface area (Å²) < 4.78 is 56.0. The molecule has 4 aromatic rings. The number of hydrogen-bond acceptors (Lipinski definition) is 5. The summed E-state index contributed by atoms with van der Waals surface area (Å²) in [6.07, 6.45) is 3.32. The number of anilines is 2. The maximum Gasteiger partial charge on any atom is 0.277 e. The first-order chi connectivity index (χ1) is 15.4. The van der Waals surface area contributed by atoms with E-state index in [-0.39, 0.29) is 34.8 Å². The molecule has 0 spiro atoms. The summed E-state index contributed by atoms with van der Waals surface area (Å²) in [5.41, 5.74) is 0.665. The predicted molar refractivity (Wildman–Crippen MR) is 107 cm³/mol. The highest BCUT2D eigenvalue weighted by molar-refractivity contribution is 6.07. The zero-order valence-corrected chi connectivity index (χ0v) is 16.3. The minimum atomic E-state index is -1.05. The fourth-order valence-electron chi connectivity index (χ4n) is 3.59. The predicted octanol–water partition coefficient (Wildman–Crippen LogP) is 3.36. The zero-order valence-electron chi connectivity index (χ0n) is 16.3. The molecule has 12 heteroatoms. The molecular weight excluding hydrogens is 430 g/mol. The molecule has 1 aliphatic heterocycles. The monoisotopic (exact) mass is 445 g/mol. The lowest BCUT2D eigenvalue weighted by Crippen LogP contribution is -2.22. The van der Waals surface area contributed by atoms with Gasteiger partial charge in [-0.25, -0.2) is 27.2 Å². The highest BCUT2D eigenvalue weighted by Crippen LogP contribution is 2.26. The molecule has 1 fully saturated rings. The van der Waals surface area contributed by atoms with Crippen LogP contribution in [-0.2, 0) is 0 Å². The van der Waals surface area contributed by atoms with E-state index in [0.29, 0.717) is 18.5 Å². The molecule has 164 valence electrons. The van der Waals surface area contributed by atoms with Gasteiger partial charge in [-0.05, 0) is 12.5 Å². The second kappa shape index (κ2) is 7.62. The van der Waals surface area contributed by atoms with Crippen molar-refractivity contribution < 1.29 is 22.4 Å². The van der Waals surface area contributed by atoms with Crippen LogP contribution in [-0.4, -0.2) is 50.1 Å². The lowest BCUT2D eigenvalue weighted by Gasteiger charge is -2.17. The first kappa shape index (κ1) is 20.0. The van der Waals surface area contributed by atoms with Crippen LogP contribution in [0.3, 0.4) is 0 Å². The Bertz CT molecular complexity index is 1330. The number of hydrogen-bond donors (Lipinski definition) is 2. The zero-order chi connectivity index (χ0) is 22.4. The Morgan fingerprint density at radius 3 is 2.72 bits per heavy atom. The van der Waals surface area contributed by atoms with Gasteiger partial charge < -0.3 is 15.2 Å². The van der Waals surface area contributed by atoms with Gasteiger partial charge in [0.05, 0.1) is 35.8 Å². The number of rotatable bonds is 4. The largest absolute Gasteiger partial charge is 0.359 e. The third-order valence-electron chi connectivity index (χ3n) is 5.20. The van der Waals surface area contributed by atoms with Gasteiger partial charge in [-0.2, -0.15) is 0 Å². The molecule has 5 rings (SSSR count). The normalized spacial score (nSPS) is 16.1. The molecule has 0 saturated carbocycles. The molecule has 32 heavy (non-hydrogen) atoms. The van der Waals surface area contributed by atoms with Crippen molar-refractivity contribution in [3.8, 4) is 5.69 Å². The number of fused-ring (bicyclic) bond motifs is 1. The van der Waals surface area contributed by atoms with E-state index in [1.54, 1.807) is 0 Å². The standard InChI is InChI=1S/C20H15F4N7O/c21-10-1-2-30(8-10)19-15(24)3-11(6-26-19)31-9-18(28-29-31)20(32)27-17-7-25-16-5-14(23)13(22)4-12(16)17/h3-7,9-10,25H,1-2,8H2,(H,27,32)/t10-/m0/s1. The van der Waals surface area contributed by atoms with Crippen molar-refractivity contribution in [1.29, 1.82) is 0 Å². The fourth-order valence-corrected chi connectivity index (χ4v) is 3.59. The van der Waals surface area contributed by atoms with Gasteiger partial charge >= 0.3 is 0 Å². The number of carbonyl (C=O) groups excluding carboxylic acids is 1. The molecule has 3 aromatic heterocycles. The summed E-state index contributed by atoms with van der Waals surface area (Å²) in [5, 5.41) is 10.4. The highest BCUT2D eigenvalue weighted by Gasteiger charge is 2.25. The second-order valence-electron chi connectivity index (χ2n) is 7.35. The topological polar surface area (TPSA) is 91.7 Å². The van der Waals surface area contributed by atoms with Crippen LogP contribution >= 0.6 is 0 Å². The number of H-pyrrole nitrogens is 1. The number of aromatic nitrogens is 5. The lowest BCUT2D eigenvalue weighted by molar-refractivity contribution is 0.102. The van der Waals surface area contributed by atoms with E-state index in [2.05, 4.69) is 25.6 Å². The molecule has 0 unspecified atom stereocenters. The van der Waals surface area contributed by atoms with E-state index in [0.717, 1.165) is 12.1 Å². The Balaban J connectivity index is 1.35. The summed E-state index contributed by atoms with van der Waals surface area (Å²) >= 11 is 0. The molecule has 0 aliphatic carbocycles. The van der Waals surface area contributed by atoms with E-state index in [9.17, 15) is 22.4 Å². The number of pyridine rings is 1. The van der Waals surface area contributed by atoms with Crippen LogP contribution in [0.2, 0.25) is 0 Å². The number of nitrogens with one attached hydrogen (secondary N) is 2. The number of nitrogens with zero attached hydrogens (tertiary/aromatic N) is 5. The Hall–Kier alpha value is -3.96. The SMILES string of the molecule is O=C(Nc1c[nH]c2cc(F)c(F)cc12)c1cn(-c2cnc(N3CC[C@H](F)C3)c(F)c2)nn1. The van der Waals surface area contributed by atoms with Gasteiger partial charge in [-0.15, -0.1) is 5.10 Å². The Morgan fingerprint density at radius 2 is 1.97 bits per heavy atom. The van der Waals surface area contributed by atoms with Gasteiger partial charge in [0.25, 0.3) is 5.91 Å². The fraction of sp³-hybridized carbons (Fsp3) is 0.200. The summed E-state index contributed by atoms with van der Waals surface area (Å²) in [5.74, 6) is -3.31. The Kier molecular flexibility index (Phi) is 4.76. The highest BCUT2D eigenvalue weighted by atomic mass is 19.2. The van der Waals surface area contributed by atoms with Gasteiger partial charge in [0.15, 0.2) is 29.0 Å². The Labute approximate surface area is 177 Å². The molecule has 8 nitrogen and oxygen atoms in total. The number of aromatic amines is 1. The van der Waals surface area contributed by atoms with Gasteiger partial charge in [-0.1, -0.05) is 5.21 Å². The van der Waals surface area contributed by atoms with Gasteiger partial charge in [0.1, 0.15) is 6.17 Å². The summed E-state index contributed by atoms with van der Waals surface area (Å²) in [6, 6.07) is 3.12. The molecule has 1 amide bonds. The summed E-state index contributed by atoms with van der Waals surface area (Å²) in [4.78, 5) is 20.9. The van der Waals surface area contributed by atoms with E-state index < -0.39 is 29.5 Å². The minimum Gasteiger partial charge on any atom is -0.359 e. The van der Waals surface area contributed by atoms with E-state index in [4.69, 9.17) is 0 Å². The quantitative estimate of drug-likeness (QED) is 0.470. The molecular formula is C20H15F4N7O. The van der Waals surface area contributed by atoms with Crippen molar-refractivity contribution in [3.05, 3.63) is 59.9 Å². The average Bonchev–Trinajstić information content (AvgIpc) is 3.50. The molecule has 4 heterocycles.